The van der Waals surface area contributed by atoms with Crippen molar-refractivity contribution >= 4 is 34.7 Å². The van der Waals surface area contributed by atoms with Crippen LogP contribution < -0.4 is 5.73 Å². The lowest BCUT2D eigenvalue weighted by atomic mass is 9.91. The Morgan fingerprint density at radius 1 is 1.33 bits per heavy atom. The average molecular weight is 329 g/mol. The van der Waals surface area contributed by atoms with Crippen molar-refractivity contribution < 1.29 is 4.92 Å². The van der Waals surface area contributed by atoms with E-state index in [0.717, 1.165) is 0 Å². The highest BCUT2D eigenvalue weighted by molar-refractivity contribution is 6.35. The molecule has 0 radical (unpaired) electrons. The van der Waals surface area contributed by atoms with Gasteiger partial charge in [-0.15, -0.1) is 0 Å². The molecule has 8 heteroatoms. The zero-order valence-electron chi connectivity index (χ0n) is 11.7. The molecule has 2 N–H and O–H groups in total. The third-order valence-corrected chi connectivity index (χ3v) is 3.46. The molecule has 0 aliphatic heterocycles. The molecule has 0 atom stereocenters. The maximum atomic E-state index is 11.3. The summed E-state index contributed by atoms with van der Waals surface area (Å²) in [7, 11) is 0. The number of aromatic nitrogens is 2. The minimum Gasteiger partial charge on any atom is -0.378 e. The summed E-state index contributed by atoms with van der Waals surface area (Å²) in [6.07, 6.45) is 0. The molecule has 0 spiro atoms. The fraction of sp³-hybridized carbons (Fsp3) is 0.308. The Kier molecular flexibility index (Phi) is 3.86. The highest BCUT2D eigenvalue weighted by Crippen LogP contribution is 2.37. The Bertz CT molecular complexity index is 720. The van der Waals surface area contributed by atoms with E-state index in [-0.39, 0.29) is 11.5 Å². The largest absolute Gasteiger partial charge is 0.378 e. The average Bonchev–Trinajstić information content (AvgIpc) is 2.67. The zero-order chi connectivity index (χ0) is 15.9. The number of benzene rings is 1. The normalized spacial score (nSPS) is 11.7. The molecule has 1 aromatic heterocycles. The van der Waals surface area contributed by atoms with Crippen LogP contribution in [0.25, 0.3) is 5.69 Å². The van der Waals surface area contributed by atoms with Gasteiger partial charge in [-0.05, 0) is 18.2 Å². The van der Waals surface area contributed by atoms with Gasteiger partial charge in [0, 0.05) is 10.4 Å². The first kappa shape index (κ1) is 15.6. The molecule has 0 aliphatic carbocycles. The third-order valence-electron chi connectivity index (χ3n) is 2.93. The van der Waals surface area contributed by atoms with Crippen LogP contribution in [0, 0.1) is 10.1 Å². The van der Waals surface area contributed by atoms with Gasteiger partial charge < -0.3 is 5.73 Å². The summed E-state index contributed by atoms with van der Waals surface area (Å²) in [5.41, 5.74) is 5.92. The van der Waals surface area contributed by atoms with E-state index < -0.39 is 10.3 Å². The molecule has 2 aromatic rings. The SMILES string of the molecule is CC(C)(C)c1nn(-c2ccc(Cl)cc2Cl)c(N)c1[N+](=O)[O-]. The van der Waals surface area contributed by atoms with Gasteiger partial charge in [0.25, 0.3) is 0 Å². The highest BCUT2D eigenvalue weighted by atomic mass is 35.5. The van der Waals surface area contributed by atoms with E-state index in [4.69, 9.17) is 28.9 Å². The first-order chi connectivity index (χ1) is 9.62. The molecule has 2 rings (SSSR count). The summed E-state index contributed by atoms with van der Waals surface area (Å²) in [6.45, 7) is 5.49. The summed E-state index contributed by atoms with van der Waals surface area (Å²) < 4.78 is 1.28. The lowest BCUT2D eigenvalue weighted by Gasteiger charge is -2.13. The van der Waals surface area contributed by atoms with Gasteiger partial charge in [0.05, 0.1) is 15.6 Å². The van der Waals surface area contributed by atoms with Crippen LogP contribution in [0.3, 0.4) is 0 Å². The van der Waals surface area contributed by atoms with E-state index in [9.17, 15) is 10.1 Å². The highest BCUT2D eigenvalue weighted by Gasteiger charge is 2.34. The molecule has 21 heavy (non-hydrogen) atoms. The van der Waals surface area contributed by atoms with Crippen molar-refractivity contribution in [2.75, 3.05) is 5.73 Å². The van der Waals surface area contributed by atoms with Crippen molar-refractivity contribution in [1.29, 1.82) is 0 Å². The van der Waals surface area contributed by atoms with Crippen LogP contribution >= 0.6 is 23.2 Å². The van der Waals surface area contributed by atoms with Crippen LogP contribution in [-0.4, -0.2) is 14.7 Å². The lowest BCUT2D eigenvalue weighted by molar-refractivity contribution is -0.385. The van der Waals surface area contributed by atoms with Crippen LogP contribution in [-0.2, 0) is 5.41 Å². The van der Waals surface area contributed by atoms with Gasteiger partial charge in [0.1, 0.15) is 5.69 Å². The zero-order valence-corrected chi connectivity index (χ0v) is 13.2. The molecular weight excluding hydrogens is 315 g/mol. The van der Waals surface area contributed by atoms with Gasteiger partial charge in [-0.3, -0.25) is 10.1 Å². The predicted octanol–water partition coefficient (Wildman–Crippen LogP) is 3.97. The molecule has 0 fully saturated rings. The second kappa shape index (κ2) is 5.20. The maximum absolute atomic E-state index is 11.3. The summed E-state index contributed by atoms with van der Waals surface area (Å²) in [6, 6.07) is 4.76. The Morgan fingerprint density at radius 2 is 1.95 bits per heavy atom. The number of anilines is 1. The molecule has 0 saturated carbocycles. The quantitative estimate of drug-likeness (QED) is 0.667. The number of rotatable bonds is 2. The predicted molar refractivity (Wildman–Crippen MR) is 83.4 cm³/mol. The van der Waals surface area contributed by atoms with E-state index in [0.29, 0.717) is 21.4 Å². The van der Waals surface area contributed by atoms with Gasteiger partial charge >= 0.3 is 5.69 Å². The van der Waals surface area contributed by atoms with Crippen molar-refractivity contribution in [2.24, 2.45) is 0 Å². The standard InChI is InChI=1S/C13H14Cl2N4O2/c1-13(2,3)11-10(19(20)21)12(16)18(17-11)9-5-4-7(14)6-8(9)15/h4-6H,16H2,1-3H3. The first-order valence-corrected chi connectivity index (χ1v) is 6.87. The summed E-state index contributed by atoms with van der Waals surface area (Å²) in [5.74, 6) is -0.0610. The minimum absolute atomic E-state index is 0.0610. The molecule has 1 heterocycles. The van der Waals surface area contributed by atoms with Crippen molar-refractivity contribution in [3.63, 3.8) is 0 Å². The monoisotopic (exact) mass is 328 g/mol. The number of hydrogen-bond donors (Lipinski definition) is 1. The van der Waals surface area contributed by atoms with Crippen molar-refractivity contribution in [3.8, 4) is 5.69 Å². The smallest absolute Gasteiger partial charge is 0.334 e. The van der Waals surface area contributed by atoms with Crippen molar-refractivity contribution in [2.45, 2.75) is 26.2 Å². The number of hydrogen-bond acceptors (Lipinski definition) is 4. The van der Waals surface area contributed by atoms with E-state index in [1.165, 1.54) is 10.7 Å². The Balaban J connectivity index is 2.74. The van der Waals surface area contributed by atoms with E-state index in [2.05, 4.69) is 5.10 Å². The van der Waals surface area contributed by atoms with Gasteiger partial charge in [-0.25, -0.2) is 4.68 Å². The summed E-state index contributed by atoms with van der Waals surface area (Å²) in [5, 5.41) is 16.3. The van der Waals surface area contributed by atoms with E-state index >= 15 is 0 Å². The molecule has 0 unspecified atom stereocenters. The molecule has 0 amide bonds. The second-order valence-corrected chi connectivity index (χ2v) is 6.44. The molecule has 0 bridgehead atoms. The number of halogens is 2. The summed E-state index contributed by atoms with van der Waals surface area (Å²) >= 11 is 12.0. The van der Waals surface area contributed by atoms with Crippen LogP contribution in [0.1, 0.15) is 26.5 Å². The summed E-state index contributed by atoms with van der Waals surface area (Å²) in [4.78, 5) is 10.8. The van der Waals surface area contributed by atoms with Gasteiger partial charge in [0.2, 0.25) is 5.82 Å². The molecule has 6 nitrogen and oxygen atoms in total. The van der Waals surface area contributed by atoms with Gasteiger partial charge in [-0.1, -0.05) is 44.0 Å². The Hall–Kier alpha value is -1.79. The third kappa shape index (κ3) is 2.82. The number of nitrogens with zero attached hydrogens (tertiary/aromatic N) is 3. The van der Waals surface area contributed by atoms with E-state index in [1.807, 2.05) is 20.8 Å². The number of nitro groups is 1. The van der Waals surface area contributed by atoms with Gasteiger partial charge in [-0.2, -0.15) is 5.10 Å². The molecular formula is C13H14Cl2N4O2. The molecule has 112 valence electrons. The molecule has 1 aromatic carbocycles. The maximum Gasteiger partial charge on any atom is 0.334 e. The second-order valence-electron chi connectivity index (χ2n) is 5.60. The van der Waals surface area contributed by atoms with Crippen molar-refractivity contribution in [1.82, 2.24) is 9.78 Å². The lowest BCUT2D eigenvalue weighted by Crippen LogP contribution is -2.14. The van der Waals surface area contributed by atoms with Crippen LogP contribution in [0.5, 0.6) is 0 Å². The minimum atomic E-state index is -0.527. The fourth-order valence-electron chi connectivity index (χ4n) is 1.94. The number of nitrogen functional groups attached to an aromatic ring is 1. The number of nitrogens with two attached hydrogens (primary N) is 1. The fourth-order valence-corrected chi connectivity index (χ4v) is 2.43. The van der Waals surface area contributed by atoms with Crippen LogP contribution in [0.2, 0.25) is 10.0 Å². The first-order valence-electron chi connectivity index (χ1n) is 6.11. The van der Waals surface area contributed by atoms with Crippen LogP contribution in [0.4, 0.5) is 11.5 Å². The Labute approximate surface area is 131 Å². The van der Waals surface area contributed by atoms with Crippen molar-refractivity contribution in [3.05, 3.63) is 44.1 Å². The Morgan fingerprint density at radius 3 is 2.38 bits per heavy atom. The molecule has 0 saturated heterocycles. The van der Waals surface area contributed by atoms with Gasteiger partial charge in [0.15, 0.2) is 0 Å². The molecule has 0 aliphatic rings. The van der Waals surface area contributed by atoms with Crippen LogP contribution in [0.15, 0.2) is 18.2 Å². The van der Waals surface area contributed by atoms with E-state index in [1.54, 1.807) is 12.1 Å². The topological polar surface area (TPSA) is 87.0 Å².